The predicted molar refractivity (Wildman–Crippen MR) is 90.1 cm³/mol. The fraction of sp³-hybridized carbons (Fsp3) is 0.529. The first kappa shape index (κ1) is 19.3. The number of hydrogen-bond acceptors (Lipinski definition) is 2. The van der Waals surface area contributed by atoms with Crippen molar-refractivity contribution in [2.45, 2.75) is 52.0 Å². The van der Waals surface area contributed by atoms with E-state index in [4.69, 9.17) is 26.6 Å². The minimum absolute atomic E-state index is 0.130. The molecule has 1 aliphatic carbocycles. The first-order valence-corrected chi connectivity index (χ1v) is 8.12. The van der Waals surface area contributed by atoms with Crippen LogP contribution in [0, 0.1) is 12.8 Å². The molecule has 6 heteroatoms. The van der Waals surface area contributed by atoms with Crippen molar-refractivity contribution in [3.05, 3.63) is 34.3 Å². The number of benzene rings is 1. The molecule has 0 atom stereocenters. The Bertz CT molecular complexity index is 535. The van der Waals surface area contributed by atoms with Crippen molar-refractivity contribution >= 4 is 23.7 Å². The van der Waals surface area contributed by atoms with E-state index >= 15 is 0 Å². The van der Waals surface area contributed by atoms with Gasteiger partial charge in [-0.1, -0.05) is 24.6 Å². The smallest absolute Gasteiger partial charge is 0.450 e. The molecule has 1 aromatic rings. The maximum atomic E-state index is 12.1. The van der Waals surface area contributed by atoms with E-state index in [1.165, 1.54) is 12.8 Å². The van der Waals surface area contributed by atoms with E-state index < -0.39 is 6.16 Å². The van der Waals surface area contributed by atoms with Crippen LogP contribution in [0.1, 0.15) is 43.7 Å². The minimum atomic E-state index is -1.83. The normalized spacial score (nSPS) is 20.1. The van der Waals surface area contributed by atoms with Crippen molar-refractivity contribution < 1.29 is 19.8 Å². The van der Waals surface area contributed by atoms with Gasteiger partial charge in [0.05, 0.1) is 6.42 Å². The van der Waals surface area contributed by atoms with E-state index in [0.29, 0.717) is 12.5 Å². The molecule has 0 aromatic heterocycles. The van der Waals surface area contributed by atoms with Gasteiger partial charge in [-0.3, -0.25) is 4.79 Å². The molecule has 0 saturated heterocycles. The summed E-state index contributed by atoms with van der Waals surface area (Å²) >= 11 is 5.92. The zero-order chi connectivity index (χ0) is 17.4. The molecule has 1 aliphatic rings. The maximum Gasteiger partial charge on any atom is 0.503 e. The predicted octanol–water partition coefficient (Wildman–Crippen LogP) is 4.11. The third-order valence-corrected chi connectivity index (χ3v) is 4.27. The van der Waals surface area contributed by atoms with Gasteiger partial charge in [0.15, 0.2) is 0 Å². The van der Waals surface area contributed by atoms with Gasteiger partial charge in [0.1, 0.15) is 0 Å². The van der Waals surface area contributed by atoms with Gasteiger partial charge < -0.3 is 15.5 Å². The summed E-state index contributed by atoms with van der Waals surface area (Å²) in [4.78, 5) is 20.6. The maximum absolute atomic E-state index is 12.1. The van der Waals surface area contributed by atoms with Gasteiger partial charge >= 0.3 is 6.16 Å². The lowest BCUT2D eigenvalue weighted by Gasteiger charge is -2.27. The highest BCUT2D eigenvalue weighted by Crippen LogP contribution is 2.23. The molecule has 1 aromatic carbocycles. The van der Waals surface area contributed by atoms with Gasteiger partial charge in [-0.2, -0.15) is 0 Å². The highest BCUT2D eigenvalue weighted by molar-refractivity contribution is 6.30. The number of rotatable bonds is 3. The Balaban J connectivity index is 0.000000593. The molecule has 1 fully saturated rings. The number of aryl methyl sites for hydroxylation is 1. The fourth-order valence-electron chi connectivity index (χ4n) is 2.71. The van der Waals surface area contributed by atoms with Gasteiger partial charge in [-0.25, -0.2) is 4.79 Å². The summed E-state index contributed by atoms with van der Waals surface area (Å²) in [6.45, 7) is 4.28. The third kappa shape index (κ3) is 7.88. The lowest BCUT2D eigenvalue weighted by atomic mass is 9.87. The lowest BCUT2D eigenvalue weighted by molar-refractivity contribution is -0.121. The van der Waals surface area contributed by atoms with Crippen molar-refractivity contribution in [3.63, 3.8) is 0 Å². The van der Waals surface area contributed by atoms with Crippen molar-refractivity contribution in [2.24, 2.45) is 5.92 Å². The van der Waals surface area contributed by atoms with Gasteiger partial charge in [0.25, 0.3) is 0 Å². The Morgan fingerprint density at radius 2 is 1.78 bits per heavy atom. The zero-order valence-electron chi connectivity index (χ0n) is 13.5. The molecule has 0 heterocycles. The van der Waals surface area contributed by atoms with Gasteiger partial charge in [-0.15, -0.1) is 0 Å². The number of amides is 1. The van der Waals surface area contributed by atoms with Crippen LogP contribution in [-0.4, -0.2) is 28.3 Å². The average molecular weight is 342 g/mol. The van der Waals surface area contributed by atoms with E-state index in [2.05, 4.69) is 12.2 Å². The number of carbonyl (C=O) groups is 2. The molecule has 3 N–H and O–H groups in total. The second-order valence-electron chi connectivity index (χ2n) is 6.05. The van der Waals surface area contributed by atoms with E-state index in [0.717, 1.165) is 34.9 Å². The largest absolute Gasteiger partial charge is 0.503 e. The highest BCUT2D eigenvalue weighted by Gasteiger charge is 2.19. The van der Waals surface area contributed by atoms with Crippen molar-refractivity contribution in [2.75, 3.05) is 0 Å². The molecule has 0 bridgehead atoms. The molecular weight excluding hydrogens is 318 g/mol. The number of nitrogens with one attached hydrogen (secondary N) is 1. The first-order chi connectivity index (χ1) is 10.8. The van der Waals surface area contributed by atoms with Gasteiger partial charge in [0.2, 0.25) is 5.91 Å². The van der Waals surface area contributed by atoms with E-state index in [-0.39, 0.29) is 5.91 Å². The molecule has 0 spiro atoms. The number of carbonyl (C=O) groups excluding carboxylic acids is 1. The molecule has 0 unspecified atom stereocenters. The van der Waals surface area contributed by atoms with Crippen LogP contribution in [0.25, 0.3) is 0 Å². The molecule has 1 saturated carbocycles. The van der Waals surface area contributed by atoms with Crippen LogP contribution in [0.2, 0.25) is 5.02 Å². The summed E-state index contributed by atoms with van der Waals surface area (Å²) in [6.07, 6.45) is 3.31. The molecule has 0 radical (unpaired) electrons. The second kappa shape index (κ2) is 9.40. The Hall–Kier alpha value is -1.75. The summed E-state index contributed by atoms with van der Waals surface area (Å²) < 4.78 is 0. The fourth-order valence-corrected chi connectivity index (χ4v) is 2.94. The van der Waals surface area contributed by atoms with Crippen LogP contribution in [0.5, 0.6) is 0 Å². The summed E-state index contributed by atoms with van der Waals surface area (Å²) in [7, 11) is 0. The Morgan fingerprint density at radius 3 is 2.30 bits per heavy atom. The molecule has 5 nitrogen and oxygen atoms in total. The molecular formula is C17H24ClNO4. The number of carboxylic acid groups (broad SMARTS) is 2. The molecule has 1 amide bonds. The van der Waals surface area contributed by atoms with Crippen molar-refractivity contribution in [1.29, 1.82) is 0 Å². The monoisotopic (exact) mass is 341 g/mol. The van der Waals surface area contributed by atoms with Gasteiger partial charge in [-0.05, 0) is 61.8 Å². The Morgan fingerprint density at radius 1 is 1.22 bits per heavy atom. The van der Waals surface area contributed by atoms with Crippen LogP contribution < -0.4 is 5.32 Å². The lowest BCUT2D eigenvalue weighted by Crippen LogP contribution is -2.38. The summed E-state index contributed by atoms with van der Waals surface area (Å²) in [5.41, 5.74) is 2.14. The standard InChI is InChI=1S/C16H22ClNO.CH2O3/c1-11-3-7-15(8-4-11)18-16(19)10-13-5-6-14(17)9-12(13)2;2-1(3)4/h5-6,9,11,15H,3-4,7-8,10H2,1-2H3,(H,18,19);(H2,2,3,4). The molecule has 0 aliphatic heterocycles. The molecule has 128 valence electrons. The zero-order valence-corrected chi connectivity index (χ0v) is 14.3. The molecule has 2 rings (SSSR count). The van der Waals surface area contributed by atoms with Crippen LogP contribution in [-0.2, 0) is 11.2 Å². The van der Waals surface area contributed by atoms with Crippen LogP contribution in [0.4, 0.5) is 4.79 Å². The van der Waals surface area contributed by atoms with Crippen LogP contribution in [0.15, 0.2) is 18.2 Å². The van der Waals surface area contributed by atoms with E-state index in [9.17, 15) is 4.79 Å². The first-order valence-electron chi connectivity index (χ1n) is 7.74. The summed E-state index contributed by atoms with van der Waals surface area (Å²) in [6, 6.07) is 6.07. The highest BCUT2D eigenvalue weighted by atomic mass is 35.5. The second-order valence-corrected chi connectivity index (χ2v) is 6.49. The average Bonchev–Trinajstić information content (AvgIpc) is 2.44. The minimum Gasteiger partial charge on any atom is -0.450 e. The van der Waals surface area contributed by atoms with E-state index in [1.807, 2.05) is 25.1 Å². The quantitative estimate of drug-likeness (QED) is 0.772. The summed E-state index contributed by atoms with van der Waals surface area (Å²) in [5.74, 6) is 0.941. The third-order valence-electron chi connectivity index (χ3n) is 4.04. The van der Waals surface area contributed by atoms with Crippen molar-refractivity contribution in [1.82, 2.24) is 5.32 Å². The van der Waals surface area contributed by atoms with E-state index in [1.54, 1.807) is 0 Å². The van der Waals surface area contributed by atoms with Crippen LogP contribution >= 0.6 is 11.6 Å². The number of hydrogen-bond donors (Lipinski definition) is 3. The SMILES string of the molecule is Cc1cc(Cl)ccc1CC(=O)NC1CCC(C)CC1.O=C(O)O. The van der Waals surface area contributed by atoms with Gasteiger partial charge in [0, 0.05) is 11.1 Å². The molecule has 23 heavy (non-hydrogen) atoms. The Labute approximate surface area is 141 Å². The topological polar surface area (TPSA) is 86.6 Å². The summed E-state index contributed by atoms with van der Waals surface area (Å²) in [5, 5.41) is 17.8. The van der Waals surface area contributed by atoms with Crippen molar-refractivity contribution in [3.8, 4) is 0 Å². The number of halogens is 1. The van der Waals surface area contributed by atoms with Crippen LogP contribution in [0.3, 0.4) is 0 Å². The Kier molecular flexibility index (Phi) is 7.89.